The topological polar surface area (TPSA) is 65.5 Å². The van der Waals surface area contributed by atoms with Crippen LogP contribution in [0.25, 0.3) is 0 Å². The fraction of sp³-hybridized carbons (Fsp3) is 0.333. The van der Waals surface area contributed by atoms with Gasteiger partial charge < -0.3 is 15.3 Å². The molecule has 0 aliphatic carbocycles. The second-order valence-electron chi connectivity index (χ2n) is 5.82. The molecule has 1 aliphatic heterocycles. The first-order valence-electron chi connectivity index (χ1n) is 7.92. The van der Waals surface area contributed by atoms with Crippen molar-refractivity contribution in [3.05, 3.63) is 53.9 Å². The Balaban J connectivity index is 1.69. The first-order valence-corrected chi connectivity index (χ1v) is 7.92. The molecule has 1 amide bonds. The summed E-state index contributed by atoms with van der Waals surface area (Å²) in [6.45, 7) is 3.34. The van der Waals surface area contributed by atoms with Gasteiger partial charge in [0.1, 0.15) is 5.75 Å². The van der Waals surface area contributed by atoms with Crippen LogP contribution >= 0.6 is 0 Å². The predicted molar refractivity (Wildman–Crippen MR) is 89.2 cm³/mol. The molecule has 5 nitrogen and oxygen atoms in total. The first kappa shape index (κ1) is 15.5. The average molecular weight is 311 g/mol. The number of aromatic nitrogens is 1. The Morgan fingerprint density at radius 2 is 2.22 bits per heavy atom. The third-order valence-corrected chi connectivity index (χ3v) is 4.20. The van der Waals surface area contributed by atoms with Gasteiger partial charge in [-0.3, -0.25) is 9.78 Å². The van der Waals surface area contributed by atoms with Crippen molar-refractivity contribution in [3.8, 4) is 5.75 Å². The van der Waals surface area contributed by atoms with Gasteiger partial charge in [-0.05, 0) is 43.2 Å². The minimum absolute atomic E-state index is 0.0917. The Labute approximate surface area is 136 Å². The van der Waals surface area contributed by atoms with Crippen molar-refractivity contribution in [1.82, 2.24) is 10.3 Å². The number of amides is 1. The molecule has 2 N–H and O–H groups in total. The molecule has 1 aliphatic rings. The highest BCUT2D eigenvalue weighted by Crippen LogP contribution is 2.25. The molecule has 0 bridgehead atoms. The van der Waals surface area contributed by atoms with E-state index >= 15 is 0 Å². The summed E-state index contributed by atoms with van der Waals surface area (Å²) in [5.74, 6) is 0.393. The maximum atomic E-state index is 11.9. The zero-order valence-corrected chi connectivity index (χ0v) is 13.2. The molecule has 1 fully saturated rings. The lowest BCUT2D eigenvalue weighted by molar-refractivity contribution is -0.117. The highest BCUT2D eigenvalue weighted by atomic mass is 16.3. The maximum absolute atomic E-state index is 11.9. The van der Waals surface area contributed by atoms with E-state index in [1.165, 1.54) is 0 Å². The molecule has 0 saturated carbocycles. The molecular formula is C18H21N3O2. The third kappa shape index (κ3) is 3.51. The normalized spacial score (nSPS) is 15.9. The van der Waals surface area contributed by atoms with Gasteiger partial charge in [0.25, 0.3) is 0 Å². The van der Waals surface area contributed by atoms with E-state index in [1.54, 1.807) is 18.3 Å². The number of nitrogens with one attached hydrogen (secondary N) is 1. The van der Waals surface area contributed by atoms with Gasteiger partial charge in [0.15, 0.2) is 0 Å². The van der Waals surface area contributed by atoms with E-state index in [-0.39, 0.29) is 17.7 Å². The second-order valence-corrected chi connectivity index (χ2v) is 5.82. The van der Waals surface area contributed by atoms with Crippen molar-refractivity contribution < 1.29 is 9.90 Å². The van der Waals surface area contributed by atoms with Gasteiger partial charge in [-0.1, -0.05) is 12.1 Å². The maximum Gasteiger partial charge on any atom is 0.227 e. The Bertz CT molecular complexity index is 702. The second kappa shape index (κ2) is 6.79. The van der Waals surface area contributed by atoms with Crippen LogP contribution in [0, 0.1) is 0 Å². The molecule has 1 aromatic carbocycles. The number of carbonyl (C=O) groups is 1. The summed E-state index contributed by atoms with van der Waals surface area (Å²) in [4.78, 5) is 17.9. The minimum Gasteiger partial charge on any atom is -0.506 e. The van der Waals surface area contributed by atoms with Crippen LogP contribution in [0.1, 0.15) is 37.1 Å². The fourth-order valence-corrected chi connectivity index (χ4v) is 2.82. The fourth-order valence-electron chi connectivity index (χ4n) is 2.82. The Morgan fingerprint density at radius 3 is 2.96 bits per heavy atom. The van der Waals surface area contributed by atoms with Crippen LogP contribution in [0.5, 0.6) is 5.75 Å². The molecule has 1 atom stereocenters. The number of benzene rings is 1. The summed E-state index contributed by atoms with van der Waals surface area (Å²) in [6, 6.07) is 11.5. The largest absolute Gasteiger partial charge is 0.506 e. The number of aromatic hydroxyl groups is 1. The molecule has 1 unspecified atom stereocenters. The molecule has 0 spiro atoms. The van der Waals surface area contributed by atoms with E-state index in [9.17, 15) is 9.90 Å². The number of carbonyl (C=O) groups excluding carboxylic acids is 1. The Hall–Kier alpha value is -2.40. The van der Waals surface area contributed by atoms with Crippen LogP contribution in [0.15, 0.2) is 42.6 Å². The lowest BCUT2D eigenvalue weighted by Crippen LogP contribution is -2.24. The molecule has 3 rings (SSSR count). The lowest BCUT2D eigenvalue weighted by atomic mass is 10.1. The molecule has 1 aromatic heterocycles. The van der Waals surface area contributed by atoms with Crippen LogP contribution in [0.2, 0.25) is 0 Å². The highest BCUT2D eigenvalue weighted by molar-refractivity contribution is 5.95. The van der Waals surface area contributed by atoms with Crippen LogP contribution in [0.4, 0.5) is 5.69 Å². The number of hydrogen-bond donors (Lipinski definition) is 2. The zero-order valence-electron chi connectivity index (χ0n) is 13.2. The van der Waals surface area contributed by atoms with Crippen LogP contribution in [-0.2, 0) is 11.3 Å². The van der Waals surface area contributed by atoms with E-state index < -0.39 is 0 Å². The molecule has 120 valence electrons. The summed E-state index contributed by atoms with van der Waals surface area (Å²) < 4.78 is 0. The number of hydrogen-bond acceptors (Lipinski definition) is 4. The van der Waals surface area contributed by atoms with Gasteiger partial charge in [0, 0.05) is 37.4 Å². The van der Waals surface area contributed by atoms with Crippen molar-refractivity contribution in [2.75, 3.05) is 11.4 Å². The Kier molecular flexibility index (Phi) is 4.57. The van der Waals surface area contributed by atoms with Gasteiger partial charge in [-0.2, -0.15) is 0 Å². The monoisotopic (exact) mass is 311 g/mol. The van der Waals surface area contributed by atoms with Crippen molar-refractivity contribution in [2.45, 2.75) is 32.4 Å². The highest BCUT2D eigenvalue weighted by Gasteiger charge is 2.22. The van der Waals surface area contributed by atoms with Crippen molar-refractivity contribution in [1.29, 1.82) is 0 Å². The first-order chi connectivity index (χ1) is 11.1. The van der Waals surface area contributed by atoms with Crippen LogP contribution in [-0.4, -0.2) is 22.5 Å². The van der Waals surface area contributed by atoms with E-state index in [2.05, 4.69) is 23.3 Å². The van der Waals surface area contributed by atoms with Gasteiger partial charge in [-0.15, -0.1) is 0 Å². The van der Waals surface area contributed by atoms with Gasteiger partial charge in [0.2, 0.25) is 5.91 Å². The molecule has 23 heavy (non-hydrogen) atoms. The van der Waals surface area contributed by atoms with E-state index in [4.69, 9.17) is 0 Å². The van der Waals surface area contributed by atoms with Gasteiger partial charge in [-0.25, -0.2) is 0 Å². The summed E-state index contributed by atoms with van der Waals surface area (Å²) in [5.41, 5.74) is 2.70. The minimum atomic E-state index is 0.0917. The summed E-state index contributed by atoms with van der Waals surface area (Å²) in [6.07, 6.45) is 3.23. The van der Waals surface area contributed by atoms with E-state index in [0.717, 1.165) is 24.2 Å². The predicted octanol–water partition coefficient (Wildman–Crippen LogP) is 2.76. The van der Waals surface area contributed by atoms with Crippen LogP contribution in [0.3, 0.4) is 0 Å². The van der Waals surface area contributed by atoms with E-state index in [0.29, 0.717) is 18.7 Å². The summed E-state index contributed by atoms with van der Waals surface area (Å²) >= 11 is 0. The zero-order chi connectivity index (χ0) is 16.2. The lowest BCUT2D eigenvalue weighted by Gasteiger charge is -2.19. The van der Waals surface area contributed by atoms with Crippen molar-refractivity contribution >= 4 is 11.6 Å². The molecule has 0 radical (unpaired) electrons. The number of rotatable bonds is 5. The SMILES string of the molecule is CC(NCc1ncccc1O)c1cccc(N2CCCC2=O)c1. The number of nitrogens with zero attached hydrogens (tertiary/aromatic N) is 2. The average Bonchev–Trinajstić information content (AvgIpc) is 3.00. The summed E-state index contributed by atoms with van der Waals surface area (Å²) in [5, 5.41) is 13.1. The van der Waals surface area contributed by atoms with Gasteiger partial charge >= 0.3 is 0 Å². The quantitative estimate of drug-likeness (QED) is 0.891. The van der Waals surface area contributed by atoms with Gasteiger partial charge in [0.05, 0.1) is 5.69 Å². The van der Waals surface area contributed by atoms with Crippen LogP contribution < -0.4 is 10.2 Å². The molecule has 2 heterocycles. The number of pyridine rings is 1. The molecule has 5 heteroatoms. The Morgan fingerprint density at radius 1 is 1.35 bits per heavy atom. The standard InChI is InChI=1S/C18H21N3O2/c1-13(20-12-16-17(22)7-3-9-19-16)14-5-2-6-15(11-14)21-10-4-8-18(21)23/h2-3,5-7,9,11,13,20,22H,4,8,10,12H2,1H3. The molecule has 2 aromatic rings. The number of anilines is 1. The molecular weight excluding hydrogens is 290 g/mol. The smallest absolute Gasteiger partial charge is 0.227 e. The van der Waals surface area contributed by atoms with E-state index in [1.807, 2.05) is 23.1 Å². The molecule has 1 saturated heterocycles. The third-order valence-electron chi connectivity index (χ3n) is 4.20. The van der Waals surface area contributed by atoms with Crippen molar-refractivity contribution in [3.63, 3.8) is 0 Å². The summed E-state index contributed by atoms with van der Waals surface area (Å²) in [7, 11) is 0. The van der Waals surface area contributed by atoms with Crippen molar-refractivity contribution in [2.24, 2.45) is 0 Å².